The summed E-state index contributed by atoms with van der Waals surface area (Å²) in [4.78, 5) is 20.8. The lowest BCUT2D eigenvalue weighted by Crippen LogP contribution is -2.42. The van der Waals surface area contributed by atoms with Crippen LogP contribution >= 0.6 is 0 Å². The van der Waals surface area contributed by atoms with Gasteiger partial charge in [-0.25, -0.2) is 18.6 Å². The molecule has 1 aliphatic heterocycles. The molecule has 0 aliphatic carbocycles. The summed E-state index contributed by atoms with van der Waals surface area (Å²) in [7, 11) is -0.463. The lowest BCUT2D eigenvalue weighted by Gasteiger charge is -2.32. The number of carbonyl (C=O) groups is 1. The van der Waals surface area contributed by atoms with Gasteiger partial charge in [-0.05, 0) is 59.5 Å². The number of hydrogen-bond donors (Lipinski definition) is 1. The Bertz CT molecular complexity index is 994. The SMILES string of the molecule is CC(F)(F)CN(Cc1ncc(-c2ccc(B3OC(C)(C)C(C)(C)O3)cc2)[nH]1)C(=O)OC(C)(C)C. The number of benzene rings is 1. The molecule has 1 aromatic carbocycles. The summed E-state index contributed by atoms with van der Waals surface area (Å²) >= 11 is 0. The molecule has 1 saturated heterocycles. The average molecular weight is 477 g/mol. The molecule has 1 aliphatic rings. The predicted molar refractivity (Wildman–Crippen MR) is 127 cm³/mol. The van der Waals surface area contributed by atoms with Crippen molar-refractivity contribution >= 4 is 18.7 Å². The Morgan fingerprint density at radius 3 is 2.15 bits per heavy atom. The van der Waals surface area contributed by atoms with Gasteiger partial charge in [0.15, 0.2) is 0 Å². The summed E-state index contributed by atoms with van der Waals surface area (Å²) in [5.41, 5.74) is 0.786. The monoisotopic (exact) mass is 477 g/mol. The van der Waals surface area contributed by atoms with Crippen LogP contribution < -0.4 is 5.46 Å². The van der Waals surface area contributed by atoms with Gasteiger partial charge < -0.3 is 19.0 Å². The summed E-state index contributed by atoms with van der Waals surface area (Å²) in [6, 6.07) is 7.65. The zero-order chi connectivity index (χ0) is 25.5. The van der Waals surface area contributed by atoms with Gasteiger partial charge in [0.05, 0.1) is 36.2 Å². The van der Waals surface area contributed by atoms with Crippen LogP contribution in [0.25, 0.3) is 11.3 Å². The number of aromatic nitrogens is 2. The Morgan fingerprint density at radius 1 is 1.09 bits per heavy atom. The van der Waals surface area contributed by atoms with E-state index in [1.807, 2.05) is 52.0 Å². The van der Waals surface area contributed by atoms with E-state index in [1.165, 1.54) is 0 Å². The van der Waals surface area contributed by atoms with Gasteiger partial charge in [-0.1, -0.05) is 24.3 Å². The van der Waals surface area contributed by atoms with E-state index in [2.05, 4.69) is 9.97 Å². The van der Waals surface area contributed by atoms with E-state index >= 15 is 0 Å². The molecule has 34 heavy (non-hydrogen) atoms. The second-order valence-electron chi connectivity index (χ2n) is 10.9. The van der Waals surface area contributed by atoms with Gasteiger partial charge in [-0.3, -0.25) is 4.90 Å². The van der Waals surface area contributed by atoms with Crippen molar-refractivity contribution in [1.29, 1.82) is 0 Å². The number of amides is 1. The van der Waals surface area contributed by atoms with Gasteiger partial charge in [0.1, 0.15) is 11.4 Å². The lowest BCUT2D eigenvalue weighted by atomic mass is 9.79. The molecular formula is C24H34BF2N3O4. The largest absolute Gasteiger partial charge is 0.494 e. The van der Waals surface area contributed by atoms with Gasteiger partial charge in [0.2, 0.25) is 0 Å². The fourth-order valence-electron chi connectivity index (χ4n) is 3.42. The second kappa shape index (κ2) is 8.96. The van der Waals surface area contributed by atoms with Crippen LogP contribution in [0.4, 0.5) is 13.6 Å². The van der Waals surface area contributed by atoms with E-state index in [-0.39, 0.29) is 6.54 Å². The summed E-state index contributed by atoms with van der Waals surface area (Å²) in [5.74, 6) is -2.70. The van der Waals surface area contributed by atoms with Gasteiger partial charge in [-0.15, -0.1) is 0 Å². The number of nitrogens with zero attached hydrogens (tertiary/aromatic N) is 2. The van der Waals surface area contributed by atoms with Crippen molar-refractivity contribution in [1.82, 2.24) is 14.9 Å². The Labute approximate surface area is 200 Å². The van der Waals surface area contributed by atoms with Crippen molar-refractivity contribution in [3.63, 3.8) is 0 Å². The van der Waals surface area contributed by atoms with Crippen molar-refractivity contribution in [3.8, 4) is 11.3 Å². The highest BCUT2D eigenvalue weighted by molar-refractivity contribution is 6.62. The molecule has 10 heteroatoms. The van der Waals surface area contributed by atoms with Crippen LogP contribution in [0.1, 0.15) is 61.2 Å². The number of imidazole rings is 1. The van der Waals surface area contributed by atoms with Crippen LogP contribution in [0.2, 0.25) is 0 Å². The third kappa shape index (κ3) is 6.36. The fraction of sp³-hybridized carbons (Fsp3) is 0.583. The lowest BCUT2D eigenvalue weighted by molar-refractivity contribution is -0.0324. The predicted octanol–water partition coefficient (Wildman–Crippen LogP) is 4.77. The van der Waals surface area contributed by atoms with Crippen LogP contribution in [-0.4, -0.2) is 57.3 Å². The molecular weight excluding hydrogens is 443 g/mol. The van der Waals surface area contributed by atoms with Gasteiger partial charge in [0.25, 0.3) is 5.92 Å². The summed E-state index contributed by atoms with van der Waals surface area (Å²) in [6.07, 6.45) is 0.787. The number of ether oxygens (including phenoxy) is 1. The van der Waals surface area contributed by atoms with Crippen molar-refractivity contribution in [2.45, 2.75) is 84.7 Å². The maximum absolute atomic E-state index is 13.7. The molecule has 0 atom stereocenters. The number of halogens is 2. The first kappa shape index (κ1) is 26.2. The third-order valence-electron chi connectivity index (χ3n) is 5.84. The molecule has 0 spiro atoms. The number of alkyl halides is 2. The maximum atomic E-state index is 13.7. The molecule has 7 nitrogen and oxygen atoms in total. The highest BCUT2D eigenvalue weighted by Crippen LogP contribution is 2.36. The molecule has 0 unspecified atom stereocenters. The normalized spacial score (nSPS) is 17.6. The molecule has 1 fully saturated rings. The van der Waals surface area contributed by atoms with Gasteiger partial charge >= 0.3 is 13.2 Å². The number of carbonyl (C=O) groups excluding carboxylic acids is 1. The Balaban J connectivity index is 1.73. The van der Waals surface area contributed by atoms with E-state index < -0.39 is 42.5 Å². The molecule has 2 aromatic rings. The summed E-state index contributed by atoms with van der Waals surface area (Å²) in [6.45, 7) is 12.9. The first-order valence-corrected chi connectivity index (χ1v) is 11.3. The van der Waals surface area contributed by atoms with Gasteiger partial charge in [-0.2, -0.15) is 0 Å². The standard InChI is InChI=1S/C24H34BF2N3O4/c1-21(2,3)32-20(31)30(15-24(8,26)27)14-19-28-13-18(29-19)16-9-11-17(12-10-16)25-33-22(4,5)23(6,7)34-25/h9-13H,14-15H2,1-8H3,(H,28,29). The van der Waals surface area contributed by atoms with Crippen molar-refractivity contribution < 1.29 is 27.6 Å². The van der Waals surface area contributed by atoms with E-state index in [0.717, 1.165) is 22.8 Å². The number of hydrogen-bond acceptors (Lipinski definition) is 5. The van der Waals surface area contributed by atoms with Crippen LogP contribution in [0.5, 0.6) is 0 Å². The molecule has 1 N–H and O–H groups in total. The smallest absolute Gasteiger partial charge is 0.444 e. The van der Waals surface area contributed by atoms with Gasteiger partial charge in [0, 0.05) is 6.92 Å². The summed E-state index contributed by atoms with van der Waals surface area (Å²) in [5, 5.41) is 0. The minimum Gasteiger partial charge on any atom is -0.444 e. The van der Waals surface area contributed by atoms with E-state index in [4.69, 9.17) is 14.0 Å². The topological polar surface area (TPSA) is 76.7 Å². The molecule has 2 heterocycles. The molecule has 0 bridgehead atoms. The van der Waals surface area contributed by atoms with Crippen LogP contribution in [0.3, 0.4) is 0 Å². The number of rotatable bonds is 6. The van der Waals surface area contributed by atoms with E-state index in [0.29, 0.717) is 11.5 Å². The Morgan fingerprint density at radius 2 is 1.65 bits per heavy atom. The highest BCUT2D eigenvalue weighted by atomic mass is 19.3. The first-order chi connectivity index (χ1) is 15.5. The Kier molecular flexibility index (Phi) is 6.89. The number of H-pyrrole nitrogens is 1. The number of aromatic amines is 1. The Hall–Kier alpha value is -2.46. The van der Waals surface area contributed by atoms with E-state index in [1.54, 1.807) is 27.0 Å². The maximum Gasteiger partial charge on any atom is 0.494 e. The second-order valence-corrected chi connectivity index (χ2v) is 10.9. The summed E-state index contributed by atoms with van der Waals surface area (Å²) < 4.78 is 44.9. The average Bonchev–Trinajstić information content (AvgIpc) is 3.20. The quantitative estimate of drug-likeness (QED) is 0.607. The minimum absolute atomic E-state index is 0.135. The number of nitrogens with one attached hydrogen (secondary N) is 1. The third-order valence-corrected chi connectivity index (χ3v) is 5.84. The zero-order valence-electron chi connectivity index (χ0n) is 21.2. The fourth-order valence-corrected chi connectivity index (χ4v) is 3.42. The van der Waals surface area contributed by atoms with E-state index in [9.17, 15) is 13.6 Å². The van der Waals surface area contributed by atoms with Crippen molar-refractivity contribution in [2.24, 2.45) is 0 Å². The minimum atomic E-state index is -3.07. The molecule has 0 saturated carbocycles. The molecule has 1 aromatic heterocycles. The first-order valence-electron chi connectivity index (χ1n) is 11.3. The van der Waals surface area contributed by atoms with Crippen molar-refractivity contribution in [2.75, 3.05) is 6.54 Å². The van der Waals surface area contributed by atoms with Crippen LogP contribution in [0, 0.1) is 0 Å². The molecule has 1 amide bonds. The molecule has 186 valence electrons. The zero-order valence-corrected chi connectivity index (χ0v) is 21.2. The van der Waals surface area contributed by atoms with Crippen LogP contribution in [-0.2, 0) is 20.6 Å². The van der Waals surface area contributed by atoms with Crippen molar-refractivity contribution in [3.05, 3.63) is 36.3 Å². The molecule has 3 rings (SSSR count). The molecule has 0 radical (unpaired) electrons. The highest BCUT2D eigenvalue weighted by Gasteiger charge is 2.51. The van der Waals surface area contributed by atoms with Crippen LogP contribution in [0.15, 0.2) is 30.5 Å².